The van der Waals surface area contributed by atoms with Gasteiger partial charge in [0, 0.05) is 31.6 Å². The molecule has 2 atom stereocenters. The number of aliphatic hydroxyl groups is 1. The van der Waals surface area contributed by atoms with Crippen molar-refractivity contribution < 1.29 is 5.11 Å². The van der Waals surface area contributed by atoms with Crippen LogP contribution in [0.25, 0.3) is 5.69 Å². The maximum Gasteiger partial charge on any atom is 0.0645 e. The van der Waals surface area contributed by atoms with E-state index >= 15 is 0 Å². The molecule has 0 amide bonds. The molecule has 2 rings (SSSR count). The molecule has 102 valence electrons. The summed E-state index contributed by atoms with van der Waals surface area (Å²) in [6.07, 6.45) is 3.70. The molecule has 0 radical (unpaired) electrons. The predicted molar refractivity (Wildman–Crippen MR) is 76.1 cm³/mol. The summed E-state index contributed by atoms with van der Waals surface area (Å²) >= 11 is 0. The third kappa shape index (κ3) is 3.66. The zero-order valence-corrected chi connectivity index (χ0v) is 11.5. The van der Waals surface area contributed by atoms with Gasteiger partial charge in [-0.05, 0) is 36.6 Å². The number of aliphatic hydroxyl groups excluding tert-OH is 1. The second kappa shape index (κ2) is 6.50. The summed E-state index contributed by atoms with van der Waals surface area (Å²) in [6.45, 7) is 5.16. The van der Waals surface area contributed by atoms with E-state index in [4.69, 9.17) is 5.11 Å². The third-order valence-corrected chi connectivity index (χ3v) is 3.47. The molecule has 19 heavy (non-hydrogen) atoms. The minimum absolute atomic E-state index is 0.215. The van der Waals surface area contributed by atoms with Crippen molar-refractivity contribution in [2.75, 3.05) is 6.61 Å². The fraction of sp³-hybridized carbons (Fsp3) is 0.400. The van der Waals surface area contributed by atoms with Gasteiger partial charge >= 0.3 is 0 Å². The van der Waals surface area contributed by atoms with Gasteiger partial charge in [0.1, 0.15) is 0 Å². The molecule has 2 N–H and O–H groups in total. The topological polar surface area (TPSA) is 50.1 Å². The minimum atomic E-state index is 0.215. The van der Waals surface area contributed by atoms with Crippen LogP contribution in [0.2, 0.25) is 0 Å². The Morgan fingerprint density at radius 1 is 1.26 bits per heavy atom. The normalized spacial score (nSPS) is 14.3. The molecule has 1 heterocycles. The van der Waals surface area contributed by atoms with Gasteiger partial charge in [0.25, 0.3) is 0 Å². The van der Waals surface area contributed by atoms with E-state index in [1.54, 1.807) is 6.20 Å². The second-order valence-corrected chi connectivity index (χ2v) is 4.95. The van der Waals surface area contributed by atoms with Crippen LogP contribution in [0.15, 0.2) is 42.7 Å². The quantitative estimate of drug-likeness (QED) is 0.834. The Kier molecular flexibility index (Phi) is 4.71. The summed E-state index contributed by atoms with van der Waals surface area (Å²) in [7, 11) is 0. The Bertz CT molecular complexity index is 479. The number of rotatable bonds is 6. The van der Waals surface area contributed by atoms with E-state index < -0.39 is 0 Å². The molecule has 1 aromatic heterocycles. The molecular weight excluding hydrogens is 238 g/mol. The van der Waals surface area contributed by atoms with Crippen molar-refractivity contribution in [1.29, 1.82) is 0 Å². The van der Waals surface area contributed by atoms with Crippen LogP contribution >= 0.6 is 0 Å². The first-order valence-corrected chi connectivity index (χ1v) is 6.64. The van der Waals surface area contributed by atoms with Crippen LogP contribution < -0.4 is 5.32 Å². The van der Waals surface area contributed by atoms with Crippen LogP contribution in [0.1, 0.15) is 19.4 Å². The summed E-state index contributed by atoms with van der Waals surface area (Å²) in [5.41, 5.74) is 2.29. The van der Waals surface area contributed by atoms with Crippen molar-refractivity contribution in [2.24, 2.45) is 5.92 Å². The molecule has 2 unspecified atom stereocenters. The van der Waals surface area contributed by atoms with Crippen molar-refractivity contribution in [1.82, 2.24) is 15.1 Å². The molecule has 0 saturated carbocycles. The maximum absolute atomic E-state index is 9.09. The molecule has 0 bridgehead atoms. The summed E-state index contributed by atoms with van der Waals surface area (Å²) in [5.74, 6) is 0.267. The van der Waals surface area contributed by atoms with E-state index in [1.165, 1.54) is 5.56 Å². The van der Waals surface area contributed by atoms with Gasteiger partial charge < -0.3 is 10.4 Å². The van der Waals surface area contributed by atoms with Crippen molar-refractivity contribution in [3.05, 3.63) is 48.3 Å². The Balaban J connectivity index is 1.92. The molecule has 0 aliphatic carbocycles. The monoisotopic (exact) mass is 259 g/mol. The summed E-state index contributed by atoms with van der Waals surface area (Å²) in [6, 6.07) is 10.5. The summed E-state index contributed by atoms with van der Waals surface area (Å²) in [5, 5.41) is 16.7. The predicted octanol–water partition coefficient (Wildman–Crippen LogP) is 1.98. The highest BCUT2D eigenvalue weighted by Crippen LogP contribution is 2.09. The van der Waals surface area contributed by atoms with Crippen LogP contribution in [0, 0.1) is 5.92 Å². The lowest BCUT2D eigenvalue weighted by Crippen LogP contribution is -2.33. The summed E-state index contributed by atoms with van der Waals surface area (Å²) < 4.78 is 1.84. The van der Waals surface area contributed by atoms with Crippen LogP contribution in [-0.4, -0.2) is 27.5 Å². The highest BCUT2D eigenvalue weighted by atomic mass is 16.3. The highest BCUT2D eigenvalue weighted by Gasteiger charge is 2.09. The number of nitrogens with one attached hydrogen (secondary N) is 1. The molecule has 0 fully saturated rings. The molecule has 1 aromatic carbocycles. The van der Waals surface area contributed by atoms with E-state index in [0.717, 1.165) is 12.2 Å². The Hall–Kier alpha value is -1.65. The Morgan fingerprint density at radius 3 is 2.58 bits per heavy atom. The molecular formula is C15H21N3O. The maximum atomic E-state index is 9.09. The Labute approximate surface area is 114 Å². The van der Waals surface area contributed by atoms with Crippen molar-refractivity contribution in [2.45, 2.75) is 26.4 Å². The number of nitrogens with zero attached hydrogens (tertiary/aromatic N) is 2. The standard InChI is InChI=1S/C15H21N3O/c1-12(11-19)13(2)16-10-14-4-6-15(7-5-14)18-9-3-8-17-18/h3-9,12-13,16,19H,10-11H2,1-2H3. The lowest BCUT2D eigenvalue weighted by Gasteiger charge is -2.19. The first kappa shape index (κ1) is 13.8. The lowest BCUT2D eigenvalue weighted by molar-refractivity contribution is 0.207. The van der Waals surface area contributed by atoms with Crippen LogP contribution in [-0.2, 0) is 6.54 Å². The van der Waals surface area contributed by atoms with Gasteiger partial charge in [-0.1, -0.05) is 19.1 Å². The summed E-state index contributed by atoms with van der Waals surface area (Å²) in [4.78, 5) is 0. The first-order valence-electron chi connectivity index (χ1n) is 6.64. The van der Waals surface area contributed by atoms with Crippen LogP contribution in [0.4, 0.5) is 0 Å². The van der Waals surface area contributed by atoms with Crippen LogP contribution in [0.5, 0.6) is 0 Å². The SMILES string of the molecule is CC(CO)C(C)NCc1ccc(-n2cccn2)cc1. The van der Waals surface area contributed by atoms with E-state index in [-0.39, 0.29) is 12.5 Å². The van der Waals surface area contributed by atoms with E-state index in [1.807, 2.05) is 23.9 Å². The van der Waals surface area contributed by atoms with Crippen molar-refractivity contribution in [3.8, 4) is 5.69 Å². The third-order valence-electron chi connectivity index (χ3n) is 3.47. The van der Waals surface area contributed by atoms with Gasteiger partial charge in [-0.2, -0.15) is 5.10 Å². The molecule has 0 aliphatic heterocycles. The van der Waals surface area contributed by atoms with E-state index in [2.05, 4.69) is 41.6 Å². The molecule has 0 spiro atoms. The van der Waals surface area contributed by atoms with Gasteiger partial charge in [-0.25, -0.2) is 4.68 Å². The highest BCUT2D eigenvalue weighted by molar-refractivity contribution is 5.33. The number of hydrogen-bond donors (Lipinski definition) is 2. The zero-order valence-electron chi connectivity index (χ0n) is 11.5. The molecule has 0 saturated heterocycles. The average Bonchev–Trinajstić information content (AvgIpc) is 2.98. The first-order chi connectivity index (χ1) is 9.20. The largest absolute Gasteiger partial charge is 0.396 e. The number of benzene rings is 1. The zero-order chi connectivity index (χ0) is 13.7. The van der Waals surface area contributed by atoms with Gasteiger partial charge in [0.15, 0.2) is 0 Å². The molecule has 4 nitrogen and oxygen atoms in total. The number of aromatic nitrogens is 2. The number of hydrogen-bond acceptors (Lipinski definition) is 3. The second-order valence-electron chi connectivity index (χ2n) is 4.95. The fourth-order valence-electron chi connectivity index (χ4n) is 1.83. The smallest absolute Gasteiger partial charge is 0.0645 e. The van der Waals surface area contributed by atoms with Crippen molar-refractivity contribution in [3.63, 3.8) is 0 Å². The van der Waals surface area contributed by atoms with Gasteiger partial charge in [-0.15, -0.1) is 0 Å². The van der Waals surface area contributed by atoms with E-state index in [9.17, 15) is 0 Å². The van der Waals surface area contributed by atoms with Crippen molar-refractivity contribution >= 4 is 0 Å². The van der Waals surface area contributed by atoms with Gasteiger partial charge in [0.2, 0.25) is 0 Å². The van der Waals surface area contributed by atoms with Gasteiger partial charge in [0.05, 0.1) is 5.69 Å². The average molecular weight is 259 g/mol. The van der Waals surface area contributed by atoms with Crippen LogP contribution in [0.3, 0.4) is 0 Å². The molecule has 2 aromatic rings. The molecule has 4 heteroatoms. The van der Waals surface area contributed by atoms with E-state index in [0.29, 0.717) is 6.04 Å². The lowest BCUT2D eigenvalue weighted by atomic mass is 10.0. The fourth-order valence-corrected chi connectivity index (χ4v) is 1.83. The minimum Gasteiger partial charge on any atom is -0.396 e. The van der Waals surface area contributed by atoms with Gasteiger partial charge in [-0.3, -0.25) is 0 Å². The molecule has 0 aliphatic rings. The Morgan fingerprint density at radius 2 is 2.00 bits per heavy atom.